The highest BCUT2D eigenvalue weighted by Gasteiger charge is 2.24. The van der Waals surface area contributed by atoms with Gasteiger partial charge < -0.3 is 5.11 Å². The van der Waals surface area contributed by atoms with Crippen LogP contribution >= 0.6 is 11.3 Å². The second-order valence-corrected chi connectivity index (χ2v) is 7.00. The molecule has 0 unspecified atom stereocenters. The van der Waals surface area contributed by atoms with Crippen LogP contribution in [0, 0.1) is 11.6 Å². The summed E-state index contributed by atoms with van der Waals surface area (Å²) in [5, 5.41) is 15.4. The van der Waals surface area contributed by atoms with Crippen LogP contribution in [-0.2, 0) is 0 Å². The van der Waals surface area contributed by atoms with Crippen molar-refractivity contribution in [3.05, 3.63) is 82.7 Å². The molecule has 1 amide bonds. The second kappa shape index (κ2) is 7.40. The fourth-order valence-electron chi connectivity index (χ4n) is 2.92. The number of thiazole rings is 1. The molecule has 0 aliphatic carbocycles. The molecule has 1 aromatic heterocycles. The average molecular weight is 410 g/mol. The fourth-order valence-corrected chi connectivity index (χ4v) is 3.64. The van der Waals surface area contributed by atoms with E-state index in [2.05, 4.69) is 10.3 Å². The summed E-state index contributed by atoms with van der Waals surface area (Å²) in [5.74, 6) is -5.45. The molecule has 1 heterocycles. The number of fused-ring (bicyclic) bond motifs is 1. The lowest BCUT2D eigenvalue weighted by atomic mass is 10.1. The van der Waals surface area contributed by atoms with Gasteiger partial charge in [-0.1, -0.05) is 36.4 Å². The number of rotatable bonds is 4. The summed E-state index contributed by atoms with van der Waals surface area (Å²) in [6.45, 7) is 0. The summed E-state index contributed by atoms with van der Waals surface area (Å²) in [6, 6.07) is 15.1. The Morgan fingerprint density at radius 3 is 2.52 bits per heavy atom. The molecule has 0 atom stereocenters. The van der Waals surface area contributed by atoms with Crippen LogP contribution < -0.4 is 5.32 Å². The molecule has 0 bridgehead atoms. The second-order valence-electron chi connectivity index (χ2n) is 6.14. The number of carbonyl (C=O) groups is 2. The summed E-state index contributed by atoms with van der Waals surface area (Å²) in [5.41, 5.74) is -0.0921. The van der Waals surface area contributed by atoms with E-state index in [0.717, 1.165) is 33.7 Å². The minimum atomic E-state index is -1.54. The van der Waals surface area contributed by atoms with Gasteiger partial charge in [0.25, 0.3) is 5.91 Å². The molecule has 5 nitrogen and oxygen atoms in total. The van der Waals surface area contributed by atoms with Crippen molar-refractivity contribution >= 4 is 39.1 Å². The van der Waals surface area contributed by atoms with Gasteiger partial charge in [0.15, 0.2) is 16.8 Å². The number of benzene rings is 3. The molecule has 3 aromatic carbocycles. The van der Waals surface area contributed by atoms with Crippen LogP contribution in [0.5, 0.6) is 0 Å². The van der Waals surface area contributed by atoms with Gasteiger partial charge >= 0.3 is 5.97 Å². The molecule has 2 N–H and O–H groups in total. The van der Waals surface area contributed by atoms with E-state index >= 15 is 0 Å². The summed E-state index contributed by atoms with van der Waals surface area (Å²) in [7, 11) is 0. The number of aromatic carboxylic acids is 1. The molecule has 29 heavy (non-hydrogen) atoms. The summed E-state index contributed by atoms with van der Waals surface area (Å²) in [4.78, 5) is 28.0. The third-order valence-corrected chi connectivity index (χ3v) is 5.08. The highest BCUT2D eigenvalue weighted by molar-refractivity contribution is 7.14. The van der Waals surface area contributed by atoms with E-state index in [-0.39, 0.29) is 5.13 Å². The predicted molar refractivity (Wildman–Crippen MR) is 106 cm³/mol. The van der Waals surface area contributed by atoms with Gasteiger partial charge in [-0.15, -0.1) is 11.3 Å². The van der Waals surface area contributed by atoms with Gasteiger partial charge in [0, 0.05) is 10.9 Å². The smallest absolute Gasteiger partial charge is 0.336 e. The van der Waals surface area contributed by atoms with Gasteiger partial charge in [-0.3, -0.25) is 10.1 Å². The monoisotopic (exact) mass is 410 g/mol. The Balaban J connectivity index is 1.63. The van der Waals surface area contributed by atoms with Gasteiger partial charge in [0.2, 0.25) is 0 Å². The van der Waals surface area contributed by atoms with E-state index < -0.39 is 34.6 Å². The Hall–Kier alpha value is -3.65. The first-order valence-corrected chi connectivity index (χ1v) is 9.29. The first-order chi connectivity index (χ1) is 13.9. The number of anilines is 1. The Morgan fingerprint density at radius 1 is 1.00 bits per heavy atom. The zero-order chi connectivity index (χ0) is 20.5. The molecule has 4 rings (SSSR count). The highest BCUT2D eigenvalue weighted by atomic mass is 32.1. The van der Waals surface area contributed by atoms with Crippen molar-refractivity contribution in [1.82, 2.24) is 4.98 Å². The predicted octanol–water partition coefficient (Wildman–Crippen LogP) is 5.19. The minimum absolute atomic E-state index is 0.137. The normalized spacial score (nSPS) is 10.8. The summed E-state index contributed by atoms with van der Waals surface area (Å²) < 4.78 is 27.6. The van der Waals surface area contributed by atoms with Crippen molar-refractivity contribution < 1.29 is 23.5 Å². The maximum absolute atomic E-state index is 14.1. The maximum Gasteiger partial charge on any atom is 0.336 e. The lowest BCUT2D eigenvalue weighted by Crippen LogP contribution is -2.19. The summed E-state index contributed by atoms with van der Waals surface area (Å²) in [6.07, 6.45) is 0. The Kier molecular flexibility index (Phi) is 4.77. The molecule has 0 spiro atoms. The largest absolute Gasteiger partial charge is 0.478 e. The van der Waals surface area contributed by atoms with Crippen molar-refractivity contribution in [2.24, 2.45) is 0 Å². The van der Waals surface area contributed by atoms with E-state index in [0.29, 0.717) is 11.8 Å². The average Bonchev–Trinajstić information content (AvgIpc) is 3.17. The minimum Gasteiger partial charge on any atom is -0.478 e. The van der Waals surface area contributed by atoms with Crippen LogP contribution in [0.2, 0.25) is 0 Å². The zero-order valence-electron chi connectivity index (χ0n) is 14.6. The standard InChI is InChI=1S/C21H12F2N2O3S/c22-15-8-7-14(20(27)28)17(18(15)23)19(26)25-21-24-16(10-29-21)13-6-5-11-3-1-2-4-12(11)9-13/h1-10H,(H,27,28)(H,24,25,26). The number of nitrogens with zero attached hydrogens (tertiary/aromatic N) is 1. The molecular weight excluding hydrogens is 398 g/mol. The number of carboxylic acid groups (broad SMARTS) is 1. The third kappa shape index (κ3) is 3.57. The van der Waals surface area contributed by atoms with Crippen LogP contribution in [0.15, 0.2) is 60.0 Å². The molecule has 8 heteroatoms. The Morgan fingerprint density at radius 2 is 1.76 bits per heavy atom. The van der Waals surface area contributed by atoms with Crippen LogP contribution in [0.25, 0.3) is 22.0 Å². The van der Waals surface area contributed by atoms with E-state index in [1.807, 2.05) is 42.5 Å². The van der Waals surface area contributed by atoms with Crippen LogP contribution in [-0.4, -0.2) is 22.0 Å². The van der Waals surface area contributed by atoms with Crippen LogP contribution in [0.4, 0.5) is 13.9 Å². The maximum atomic E-state index is 14.1. The molecule has 0 fully saturated rings. The molecule has 144 valence electrons. The molecule has 4 aromatic rings. The van der Waals surface area contributed by atoms with E-state index in [1.165, 1.54) is 0 Å². The molecule has 0 aliphatic rings. The molecule has 0 saturated carbocycles. The topological polar surface area (TPSA) is 79.3 Å². The molecule has 0 radical (unpaired) electrons. The van der Waals surface area contributed by atoms with E-state index in [1.54, 1.807) is 5.38 Å². The zero-order valence-corrected chi connectivity index (χ0v) is 15.5. The number of carbonyl (C=O) groups excluding carboxylic acids is 1. The lowest BCUT2D eigenvalue weighted by Gasteiger charge is -2.07. The van der Waals surface area contributed by atoms with Crippen LogP contribution in [0.3, 0.4) is 0 Å². The van der Waals surface area contributed by atoms with Crippen molar-refractivity contribution in [2.75, 3.05) is 5.32 Å². The van der Waals surface area contributed by atoms with E-state index in [9.17, 15) is 18.4 Å². The van der Waals surface area contributed by atoms with Gasteiger partial charge in [-0.25, -0.2) is 18.6 Å². The quantitative estimate of drug-likeness (QED) is 0.485. The third-order valence-electron chi connectivity index (χ3n) is 4.32. The number of halogens is 2. The van der Waals surface area contributed by atoms with Crippen molar-refractivity contribution in [3.8, 4) is 11.3 Å². The van der Waals surface area contributed by atoms with Crippen molar-refractivity contribution in [3.63, 3.8) is 0 Å². The van der Waals surface area contributed by atoms with Gasteiger partial charge in [0.05, 0.1) is 16.8 Å². The Labute approximate surface area is 167 Å². The van der Waals surface area contributed by atoms with Crippen molar-refractivity contribution in [2.45, 2.75) is 0 Å². The first-order valence-electron chi connectivity index (χ1n) is 8.41. The van der Waals surface area contributed by atoms with Gasteiger partial charge in [-0.2, -0.15) is 0 Å². The van der Waals surface area contributed by atoms with E-state index in [4.69, 9.17) is 5.11 Å². The SMILES string of the molecule is O=C(O)c1ccc(F)c(F)c1C(=O)Nc1nc(-c2ccc3ccccc3c2)cs1. The van der Waals surface area contributed by atoms with Crippen LogP contribution in [0.1, 0.15) is 20.7 Å². The Bertz CT molecular complexity index is 1270. The molecule has 0 aliphatic heterocycles. The van der Waals surface area contributed by atoms with Crippen molar-refractivity contribution in [1.29, 1.82) is 0 Å². The number of hydrogen-bond donors (Lipinski definition) is 2. The number of nitrogens with one attached hydrogen (secondary N) is 1. The molecule has 0 saturated heterocycles. The number of aromatic nitrogens is 1. The van der Waals surface area contributed by atoms with Gasteiger partial charge in [0.1, 0.15) is 0 Å². The summed E-state index contributed by atoms with van der Waals surface area (Å²) >= 11 is 1.09. The number of amides is 1. The number of hydrogen-bond acceptors (Lipinski definition) is 4. The first kappa shape index (κ1) is 18.7. The van der Waals surface area contributed by atoms with Gasteiger partial charge in [-0.05, 0) is 29.0 Å². The molecular formula is C21H12F2N2O3S. The fraction of sp³-hybridized carbons (Fsp3) is 0. The number of carboxylic acids is 1. The highest BCUT2D eigenvalue weighted by Crippen LogP contribution is 2.28. The lowest BCUT2D eigenvalue weighted by molar-refractivity contribution is 0.0691.